The predicted octanol–water partition coefficient (Wildman–Crippen LogP) is 0.932. The van der Waals surface area contributed by atoms with E-state index in [0.717, 1.165) is 5.57 Å². The minimum Gasteiger partial charge on any atom is -0.370 e. The average molecular weight is 410 g/mol. The van der Waals surface area contributed by atoms with Gasteiger partial charge in [-0.05, 0) is 24.6 Å². The molecule has 0 heterocycles. The molecule has 5 N–H and O–H groups in total. The summed E-state index contributed by atoms with van der Waals surface area (Å²) in [6.07, 6.45) is 0. The van der Waals surface area contributed by atoms with Crippen LogP contribution in [-0.4, -0.2) is 20.9 Å². The standard InChI is InChI=1S/C12H18N4O2S.HI/c1-9(2)7-15-12(13)16-8-10-4-3-5-11(6-10)19(14,17)18;/h3-6H,1,7-8H2,2H3,(H3,13,15,16)(H2,14,17,18);1H. The number of primary sulfonamides is 1. The Labute approximate surface area is 136 Å². The maximum Gasteiger partial charge on any atom is 0.238 e. The second kappa shape index (κ2) is 8.22. The molecule has 1 rings (SSSR count). The van der Waals surface area contributed by atoms with E-state index in [4.69, 9.17) is 10.9 Å². The maximum atomic E-state index is 11.2. The van der Waals surface area contributed by atoms with E-state index in [2.05, 4.69) is 16.9 Å². The number of sulfonamides is 1. The number of hydrogen-bond acceptors (Lipinski definition) is 3. The molecule has 0 aromatic heterocycles. The Hall–Kier alpha value is -1.13. The third-order valence-electron chi connectivity index (χ3n) is 2.23. The molecule has 0 aliphatic carbocycles. The summed E-state index contributed by atoms with van der Waals surface area (Å²) in [5, 5.41) is 7.93. The summed E-state index contributed by atoms with van der Waals surface area (Å²) < 4.78 is 22.4. The van der Waals surface area contributed by atoms with Crippen molar-refractivity contribution >= 4 is 40.0 Å². The molecule has 1 aromatic rings. The molecule has 8 heteroatoms. The highest BCUT2D eigenvalue weighted by atomic mass is 127. The molecule has 0 saturated heterocycles. The quantitative estimate of drug-likeness (QED) is 0.290. The van der Waals surface area contributed by atoms with Crippen molar-refractivity contribution in [1.29, 1.82) is 0 Å². The van der Waals surface area contributed by atoms with Gasteiger partial charge in [0, 0.05) is 6.54 Å². The minimum atomic E-state index is -3.69. The van der Waals surface area contributed by atoms with Crippen molar-refractivity contribution in [3.63, 3.8) is 0 Å². The molecule has 0 aliphatic rings. The molecule has 0 atom stereocenters. The molecule has 112 valence electrons. The number of halogens is 1. The van der Waals surface area contributed by atoms with Gasteiger partial charge in [-0.25, -0.2) is 18.5 Å². The lowest BCUT2D eigenvalue weighted by Gasteiger charge is -2.05. The largest absolute Gasteiger partial charge is 0.370 e. The summed E-state index contributed by atoms with van der Waals surface area (Å²) in [5.41, 5.74) is 7.30. The van der Waals surface area contributed by atoms with Gasteiger partial charge in [0.15, 0.2) is 5.96 Å². The van der Waals surface area contributed by atoms with Gasteiger partial charge in [-0.1, -0.05) is 24.3 Å². The van der Waals surface area contributed by atoms with Crippen LogP contribution in [0.15, 0.2) is 46.3 Å². The molecule has 20 heavy (non-hydrogen) atoms. The molecule has 0 amide bonds. The van der Waals surface area contributed by atoms with E-state index in [-0.39, 0.29) is 41.4 Å². The van der Waals surface area contributed by atoms with Crippen LogP contribution in [0.3, 0.4) is 0 Å². The van der Waals surface area contributed by atoms with Crippen molar-refractivity contribution in [2.24, 2.45) is 15.9 Å². The number of guanidine groups is 1. The van der Waals surface area contributed by atoms with Gasteiger partial charge in [0.1, 0.15) is 0 Å². The smallest absolute Gasteiger partial charge is 0.238 e. The Kier molecular flexibility index (Phi) is 7.76. The second-order valence-corrected chi connectivity index (χ2v) is 5.77. The van der Waals surface area contributed by atoms with Gasteiger partial charge in [0.05, 0.1) is 11.4 Å². The summed E-state index contributed by atoms with van der Waals surface area (Å²) in [5.74, 6) is 0.281. The summed E-state index contributed by atoms with van der Waals surface area (Å²) in [6.45, 7) is 6.43. The third kappa shape index (κ3) is 6.87. The summed E-state index contributed by atoms with van der Waals surface area (Å²) in [4.78, 5) is 4.16. The van der Waals surface area contributed by atoms with Crippen LogP contribution in [0.1, 0.15) is 12.5 Å². The summed E-state index contributed by atoms with van der Waals surface area (Å²) >= 11 is 0. The predicted molar refractivity (Wildman–Crippen MR) is 91.4 cm³/mol. The Morgan fingerprint density at radius 3 is 2.65 bits per heavy atom. The Morgan fingerprint density at radius 2 is 2.10 bits per heavy atom. The molecule has 0 radical (unpaired) electrons. The van der Waals surface area contributed by atoms with E-state index in [1.807, 2.05) is 6.92 Å². The van der Waals surface area contributed by atoms with E-state index >= 15 is 0 Å². The first kappa shape index (κ1) is 18.9. The van der Waals surface area contributed by atoms with Crippen molar-refractivity contribution in [2.45, 2.75) is 18.4 Å². The van der Waals surface area contributed by atoms with Crippen molar-refractivity contribution in [3.8, 4) is 0 Å². The number of benzene rings is 1. The minimum absolute atomic E-state index is 0. The number of hydrogen-bond donors (Lipinski definition) is 3. The highest BCUT2D eigenvalue weighted by Gasteiger charge is 2.07. The molecule has 0 fully saturated rings. The molecule has 1 aromatic carbocycles. The molecule has 0 aliphatic heterocycles. The zero-order valence-corrected chi connectivity index (χ0v) is 14.3. The Balaban J connectivity index is 0.00000361. The van der Waals surface area contributed by atoms with Crippen molar-refractivity contribution in [3.05, 3.63) is 42.0 Å². The number of nitrogens with zero attached hydrogens (tertiary/aromatic N) is 1. The van der Waals surface area contributed by atoms with E-state index < -0.39 is 10.0 Å². The van der Waals surface area contributed by atoms with Gasteiger partial charge in [0.25, 0.3) is 0 Å². The average Bonchev–Trinajstić information content (AvgIpc) is 2.33. The van der Waals surface area contributed by atoms with Crippen molar-refractivity contribution < 1.29 is 8.42 Å². The number of aliphatic imine (C=N–C) groups is 1. The zero-order valence-electron chi connectivity index (χ0n) is 11.2. The highest BCUT2D eigenvalue weighted by Crippen LogP contribution is 2.10. The van der Waals surface area contributed by atoms with Gasteiger partial charge in [-0.2, -0.15) is 0 Å². The highest BCUT2D eigenvalue weighted by molar-refractivity contribution is 14.0. The number of rotatable bonds is 5. The van der Waals surface area contributed by atoms with E-state index in [1.54, 1.807) is 12.1 Å². The van der Waals surface area contributed by atoms with Crippen molar-refractivity contribution in [1.82, 2.24) is 5.32 Å². The zero-order chi connectivity index (χ0) is 14.5. The second-order valence-electron chi connectivity index (χ2n) is 4.20. The van der Waals surface area contributed by atoms with Gasteiger partial charge in [0.2, 0.25) is 10.0 Å². The first-order chi connectivity index (χ1) is 8.79. The van der Waals surface area contributed by atoms with Crippen molar-refractivity contribution in [2.75, 3.05) is 6.54 Å². The topological polar surface area (TPSA) is 111 Å². The van der Waals surface area contributed by atoms with Gasteiger partial charge in [-0.15, -0.1) is 24.0 Å². The first-order valence-electron chi connectivity index (χ1n) is 5.59. The molecule has 0 saturated carbocycles. The normalized spacial score (nSPS) is 11.6. The van der Waals surface area contributed by atoms with Crippen LogP contribution >= 0.6 is 24.0 Å². The van der Waals surface area contributed by atoms with E-state index in [0.29, 0.717) is 12.1 Å². The molecule has 0 unspecified atom stereocenters. The first-order valence-corrected chi connectivity index (χ1v) is 7.13. The van der Waals surface area contributed by atoms with Crippen LogP contribution in [0.5, 0.6) is 0 Å². The summed E-state index contributed by atoms with van der Waals surface area (Å²) in [7, 11) is -3.69. The number of nitrogens with two attached hydrogens (primary N) is 2. The molecular weight excluding hydrogens is 391 g/mol. The SMILES string of the molecule is C=C(C)CNC(N)=NCc1cccc(S(N)(=O)=O)c1.I. The van der Waals surface area contributed by atoms with Gasteiger partial charge < -0.3 is 11.1 Å². The fourth-order valence-electron chi connectivity index (χ4n) is 1.29. The third-order valence-corrected chi connectivity index (χ3v) is 3.14. The number of nitrogens with one attached hydrogen (secondary N) is 1. The Bertz CT molecular complexity index is 599. The molecule has 0 spiro atoms. The van der Waals surface area contributed by atoms with Crippen LogP contribution in [0.2, 0.25) is 0 Å². The maximum absolute atomic E-state index is 11.2. The fraction of sp³-hybridized carbons (Fsp3) is 0.250. The lowest BCUT2D eigenvalue weighted by molar-refractivity contribution is 0.597. The van der Waals surface area contributed by atoms with Crippen LogP contribution in [-0.2, 0) is 16.6 Å². The molecule has 6 nitrogen and oxygen atoms in total. The van der Waals surface area contributed by atoms with Gasteiger partial charge >= 0.3 is 0 Å². The fourth-order valence-corrected chi connectivity index (χ4v) is 1.88. The monoisotopic (exact) mass is 410 g/mol. The van der Waals surface area contributed by atoms with Gasteiger partial charge in [-0.3, -0.25) is 0 Å². The van der Waals surface area contributed by atoms with Crippen LogP contribution < -0.4 is 16.2 Å². The van der Waals surface area contributed by atoms with Crippen LogP contribution in [0.25, 0.3) is 0 Å². The molecule has 0 bridgehead atoms. The summed E-state index contributed by atoms with van der Waals surface area (Å²) in [6, 6.07) is 6.28. The van der Waals surface area contributed by atoms with Crippen LogP contribution in [0, 0.1) is 0 Å². The lowest BCUT2D eigenvalue weighted by Crippen LogP contribution is -2.32. The van der Waals surface area contributed by atoms with E-state index in [1.165, 1.54) is 12.1 Å². The molecular formula is C12H19IN4O2S. The Morgan fingerprint density at radius 1 is 1.45 bits per heavy atom. The van der Waals surface area contributed by atoms with E-state index in [9.17, 15) is 8.42 Å². The van der Waals surface area contributed by atoms with Crippen LogP contribution in [0.4, 0.5) is 0 Å². The lowest BCUT2D eigenvalue weighted by atomic mass is 10.2.